The monoisotopic (exact) mass is 634 g/mol. The standard InChI is InChI=1S/C34H33F3N4O5/c1-20-30(43)40(2)28-14-23(22-5-9-38-10-6-22)3-4-27(28)31(44)41(20)17-21-11-24(13-26(35)12-21)29(42)39-18-33(7-8-33)19-46-32(45)25-15-34(36,37)16-25/h3-6,9-14,20,25H,7-8,15-19H2,1-2H3,(H,39,42)/t20-/m1/s1. The van der Waals surface area contributed by atoms with Crippen molar-refractivity contribution >= 4 is 29.4 Å². The number of esters is 1. The molecular formula is C34H33F3N4O5. The van der Waals surface area contributed by atoms with Gasteiger partial charge >= 0.3 is 5.97 Å². The van der Waals surface area contributed by atoms with Gasteiger partial charge in [-0.3, -0.25) is 24.2 Å². The molecule has 6 rings (SSSR count). The summed E-state index contributed by atoms with van der Waals surface area (Å²) in [4.78, 5) is 59.2. The number of carbonyl (C=O) groups excluding carboxylic acids is 4. The van der Waals surface area contributed by atoms with Gasteiger partial charge in [-0.15, -0.1) is 0 Å². The Morgan fingerprint density at radius 1 is 1.02 bits per heavy atom. The van der Waals surface area contributed by atoms with Crippen molar-refractivity contribution in [1.82, 2.24) is 15.2 Å². The van der Waals surface area contributed by atoms with Crippen LogP contribution in [0.4, 0.5) is 18.9 Å². The summed E-state index contributed by atoms with van der Waals surface area (Å²) >= 11 is 0. The van der Waals surface area contributed by atoms with Crippen molar-refractivity contribution in [2.75, 3.05) is 25.1 Å². The first-order valence-corrected chi connectivity index (χ1v) is 15.1. The fraction of sp³-hybridized carbons (Fsp3) is 0.382. The summed E-state index contributed by atoms with van der Waals surface area (Å²) in [6.45, 7) is 1.65. The summed E-state index contributed by atoms with van der Waals surface area (Å²) in [5, 5.41) is 2.76. The molecule has 1 aromatic heterocycles. The molecule has 1 atom stereocenters. The van der Waals surface area contributed by atoms with Crippen molar-refractivity contribution in [2.45, 2.75) is 51.1 Å². The van der Waals surface area contributed by atoms with Crippen molar-refractivity contribution in [3.8, 4) is 11.1 Å². The maximum Gasteiger partial charge on any atom is 0.309 e. The van der Waals surface area contributed by atoms with Crippen LogP contribution in [-0.4, -0.2) is 65.7 Å². The molecule has 1 aliphatic heterocycles. The number of amides is 3. The summed E-state index contributed by atoms with van der Waals surface area (Å²) in [5.74, 6) is -6.26. The summed E-state index contributed by atoms with van der Waals surface area (Å²) < 4.78 is 46.2. The number of pyridine rings is 1. The average Bonchev–Trinajstić information content (AvgIpc) is 3.82. The number of benzene rings is 2. The lowest BCUT2D eigenvalue weighted by molar-refractivity contribution is -0.173. The van der Waals surface area contributed by atoms with Gasteiger partial charge in [-0.1, -0.05) is 6.07 Å². The predicted molar refractivity (Wildman–Crippen MR) is 161 cm³/mol. The molecule has 0 radical (unpaired) electrons. The molecule has 3 aromatic rings. The van der Waals surface area contributed by atoms with E-state index in [1.165, 1.54) is 21.9 Å². The Morgan fingerprint density at radius 3 is 2.41 bits per heavy atom. The Bertz CT molecular complexity index is 1700. The molecule has 3 aliphatic rings. The smallest absolute Gasteiger partial charge is 0.309 e. The van der Waals surface area contributed by atoms with Crippen LogP contribution in [-0.2, 0) is 20.9 Å². The Labute approximate surface area is 263 Å². The highest BCUT2D eigenvalue weighted by molar-refractivity contribution is 6.11. The summed E-state index contributed by atoms with van der Waals surface area (Å²) in [7, 11) is 1.61. The lowest BCUT2D eigenvalue weighted by atomic mass is 9.81. The normalized spacial score (nSPS) is 20.0. The number of ether oxygens (including phenoxy) is 1. The molecule has 240 valence electrons. The molecule has 2 heterocycles. The van der Waals surface area contributed by atoms with Crippen LogP contribution in [0.1, 0.15) is 58.9 Å². The zero-order valence-corrected chi connectivity index (χ0v) is 25.4. The van der Waals surface area contributed by atoms with Crippen molar-refractivity contribution in [1.29, 1.82) is 0 Å². The third kappa shape index (κ3) is 6.33. The van der Waals surface area contributed by atoms with Crippen LogP contribution in [0.25, 0.3) is 11.1 Å². The lowest BCUT2D eigenvalue weighted by Gasteiger charge is -2.33. The van der Waals surface area contributed by atoms with Gasteiger partial charge in [-0.2, -0.15) is 0 Å². The lowest BCUT2D eigenvalue weighted by Crippen LogP contribution is -2.45. The zero-order chi connectivity index (χ0) is 32.8. The molecule has 2 saturated carbocycles. The largest absolute Gasteiger partial charge is 0.465 e. The minimum Gasteiger partial charge on any atom is -0.465 e. The van der Waals surface area contributed by atoms with E-state index >= 15 is 0 Å². The van der Waals surface area contributed by atoms with Crippen LogP contribution in [0.15, 0.2) is 60.9 Å². The van der Waals surface area contributed by atoms with Crippen molar-refractivity contribution in [2.24, 2.45) is 11.3 Å². The molecule has 0 spiro atoms. The first-order valence-electron chi connectivity index (χ1n) is 15.1. The van der Waals surface area contributed by atoms with Crippen LogP contribution in [0.5, 0.6) is 0 Å². The average molecular weight is 635 g/mol. The summed E-state index contributed by atoms with van der Waals surface area (Å²) in [6, 6.07) is 11.8. The number of anilines is 1. The number of hydrogen-bond acceptors (Lipinski definition) is 6. The molecule has 1 N–H and O–H groups in total. The van der Waals surface area contributed by atoms with Gasteiger partial charge in [0.2, 0.25) is 11.8 Å². The van der Waals surface area contributed by atoms with Crippen LogP contribution >= 0.6 is 0 Å². The molecule has 2 aromatic carbocycles. The SMILES string of the molecule is C[C@@H]1C(=O)N(C)c2cc(-c3ccncc3)ccc2C(=O)N1Cc1cc(F)cc(C(=O)NCC2(COC(=O)C3CC(F)(F)C3)CC2)c1. The summed E-state index contributed by atoms with van der Waals surface area (Å²) in [5.41, 5.74) is 2.31. The van der Waals surface area contributed by atoms with E-state index in [1.807, 2.05) is 12.1 Å². The van der Waals surface area contributed by atoms with E-state index in [1.54, 1.807) is 44.6 Å². The molecular weight excluding hydrogens is 601 g/mol. The molecule has 3 amide bonds. The fourth-order valence-electron chi connectivity index (χ4n) is 5.94. The van der Waals surface area contributed by atoms with Gasteiger partial charge in [-0.05, 0) is 78.9 Å². The van der Waals surface area contributed by atoms with Crippen molar-refractivity contribution in [3.63, 3.8) is 0 Å². The molecule has 0 bridgehead atoms. The molecule has 12 heteroatoms. The topological polar surface area (TPSA) is 109 Å². The van der Waals surface area contributed by atoms with E-state index in [0.29, 0.717) is 29.7 Å². The maximum atomic E-state index is 14.8. The highest BCUT2D eigenvalue weighted by atomic mass is 19.3. The fourth-order valence-corrected chi connectivity index (χ4v) is 5.94. The van der Waals surface area contributed by atoms with Gasteiger partial charge in [0.25, 0.3) is 11.8 Å². The zero-order valence-electron chi connectivity index (χ0n) is 25.4. The second-order valence-electron chi connectivity index (χ2n) is 12.6. The molecule has 2 fully saturated rings. The number of nitrogens with zero attached hydrogens (tertiary/aromatic N) is 3. The second-order valence-corrected chi connectivity index (χ2v) is 12.6. The minimum atomic E-state index is -2.82. The van der Waals surface area contributed by atoms with Crippen LogP contribution in [0, 0.1) is 17.2 Å². The van der Waals surface area contributed by atoms with Crippen LogP contribution in [0.2, 0.25) is 0 Å². The van der Waals surface area contributed by atoms with Gasteiger partial charge in [0.1, 0.15) is 11.9 Å². The van der Waals surface area contributed by atoms with Crippen LogP contribution < -0.4 is 10.2 Å². The van der Waals surface area contributed by atoms with E-state index in [4.69, 9.17) is 4.74 Å². The number of halogens is 3. The van der Waals surface area contributed by atoms with Gasteiger partial charge in [-0.25, -0.2) is 13.2 Å². The first kappa shape index (κ1) is 31.3. The van der Waals surface area contributed by atoms with Gasteiger partial charge in [0.15, 0.2) is 0 Å². The number of likely N-dealkylation sites (N-methyl/N-ethyl adjacent to an activating group) is 1. The van der Waals surface area contributed by atoms with E-state index in [9.17, 15) is 32.3 Å². The molecule has 0 unspecified atom stereocenters. The highest BCUT2D eigenvalue weighted by Crippen LogP contribution is 2.47. The van der Waals surface area contributed by atoms with Gasteiger partial charge in [0, 0.05) is 56.4 Å². The number of fused-ring (bicyclic) bond motifs is 1. The summed E-state index contributed by atoms with van der Waals surface area (Å²) in [6.07, 6.45) is 3.65. The van der Waals surface area contributed by atoms with Gasteiger partial charge < -0.3 is 19.9 Å². The first-order chi connectivity index (χ1) is 21.8. The van der Waals surface area contributed by atoms with Gasteiger partial charge in [0.05, 0.1) is 23.8 Å². The van der Waals surface area contributed by atoms with E-state index in [0.717, 1.165) is 17.2 Å². The van der Waals surface area contributed by atoms with Crippen molar-refractivity contribution in [3.05, 3.63) is 83.4 Å². The molecule has 0 saturated heterocycles. The predicted octanol–water partition coefficient (Wildman–Crippen LogP) is 4.99. The van der Waals surface area contributed by atoms with E-state index in [-0.39, 0.29) is 31.2 Å². The number of carbonyl (C=O) groups is 4. The quantitative estimate of drug-likeness (QED) is 0.332. The number of rotatable bonds is 9. The Morgan fingerprint density at radius 2 is 1.74 bits per heavy atom. The van der Waals surface area contributed by atoms with E-state index < -0.39 is 59.7 Å². The minimum absolute atomic E-state index is 0.00550. The molecule has 9 nitrogen and oxygen atoms in total. The second kappa shape index (κ2) is 11.9. The Balaban J connectivity index is 1.14. The third-order valence-electron chi connectivity index (χ3n) is 9.12. The Kier molecular flexibility index (Phi) is 8.07. The van der Waals surface area contributed by atoms with Crippen molar-refractivity contribution < 1.29 is 37.1 Å². The number of nitrogens with one attached hydrogen (secondary N) is 1. The number of alkyl halides is 2. The van der Waals surface area contributed by atoms with E-state index in [2.05, 4.69) is 10.3 Å². The Hall–Kier alpha value is -4.74. The number of aromatic nitrogens is 1. The molecule has 2 aliphatic carbocycles. The maximum absolute atomic E-state index is 14.8. The number of hydrogen-bond donors (Lipinski definition) is 1. The van der Waals surface area contributed by atoms with Crippen LogP contribution in [0.3, 0.4) is 0 Å². The third-order valence-corrected chi connectivity index (χ3v) is 9.12. The molecule has 46 heavy (non-hydrogen) atoms. The highest BCUT2D eigenvalue weighted by Gasteiger charge is 2.51.